The highest BCUT2D eigenvalue weighted by molar-refractivity contribution is 9.10. The Kier molecular flexibility index (Phi) is 2.08. The fraction of sp³-hybridized carbons (Fsp3) is 0.143. The van der Waals surface area contributed by atoms with E-state index in [9.17, 15) is 0 Å². The summed E-state index contributed by atoms with van der Waals surface area (Å²) in [6.07, 6.45) is 0. The van der Waals surface area contributed by atoms with Crippen LogP contribution in [0.25, 0.3) is 21.9 Å². The normalized spacial score (nSPS) is 11.4. The Labute approximate surface area is 102 Å². The van der Waals surface area contributed by atoms with Gasteiger partial charge in [0.05, 0.1) is 4.47 Å². The molecule has 16 heavy (non-hydrogen) atoms. The van der Waals surface area contributed by atoms with Crippen LogP contribution in [0.5, 0.6) is 0 Å². The Hall–Kier alpha value is -1.28. The number of para-hydroxylation sites is 1. The summed E-state index contributed by atoms with van der Waals surface area (Å²) in [6.45, 7) is 4.20. The molecule has 0 saturated carbocycles. The van der Waals surface area contributed by atoms with E-state index < -0.39 is 0 Å². The number of aryl methyl sites for hydroxylation is 2. The van der Waals surface area contributed by atoms with Gasteiger partial charge in [-0.2, -0.15) is 0 Å². The first-order valence-corrected chi connectivity index (χ1v) is 6.04. The van der Waals surface area contributed by atoms with Crippen LogP contribution in [0.3, 0.4) is 0 Å². The molecule has 2 heteroatoms. The number of benzene rings is 2. The minimum Gasteiger partial charge on any atom is -0.455 e. The quantitative estimate of drug-likeness (QED) is 0.564. The fourth-order valence-electron chi connectivity index (χ4n) is 2.22. The molecule has 2 aromatic carbocycles. The first-order chi connectivity index (χ1) is 7.66. The van der Waals surface area contributed by atoms with E-state index in [1.54, 1.807) is 0 Å². The third kappa shape index (κ3) is 1.30. The fourth-order valence-corrected chi connectivity index (χ4v) is 2.66. The summed E-state index contributed by atoms with van der Waals surface area (Å²) >= 11 is 3.52. The van der Waals surface area contributed by atoms with E-state index in [4.69, 9.17) is 4.42 Å². The van der Waals surface area contributed by atoms with Crippen molar-refractivity contribution in [1.29, 1.82) is 0 Å². The van der Waals surface area contributed by atoms with E-state index in [1.165, 1.54) is 21.9 Å². The van der Waals surface area contributed by atoms with Crippen molar-refractivity contribution in [2.75, 3.05) is 0 Å². The molecule has 0 aliphatic rings. The molecule has 1 aromatic heterocycles. The minimum atomic E-state index is 0.936. The molecule has 0 aliphatic heterocycles. The highest BCUT2D eigenvalue weighted by Crippen LogP contribution is 2.35. The Morgan fingerprint density at radius 1 is 1.00 bits per heavy atom. The number of hydrogen-bond acceptors (Lipinski definition) is 1. The molecule has 3 aromatic rings. The number of furan rings is 1. The number of rotatable bonds is 0. The van der Waals surface area contributed by atoms with E-state index in [-0.39, 0.29) is 0 Å². The molecule has 0 unspecified atom stereocenters. The van der Waals surface area contributed by atoms with Crippen molar-refractivity contribution in [2.24, 2.45) is 0 Å². The van der Waals surface area contributed by atoms with Crippen LogP contribution in [0.1, 0.15) is 11.1 Å². The van der Waals surface area contributed by atoms with Gasteiger partial charge in [-0.1, -0.05) is 18.2 Å². The zero-order valence-electron chi connectivity index (χ0n) is 9.17. The molecular weight excluding hydrogens is 264 g/mol. The minimum absolute atomic E-state index is 0.936. The monoisotopic (exact) mass is 274 g/mol. The van der Waals surface area contributed by atoms with Crippen LogP contribution in [-0.4, -0.2) is 0 Å². The highest BCUT2D eigenvalue weighted by Gasteiger charge is 2.11. The van der Waals surface area contributed by atoms with Gasteiger partial charge in [0.2, 0.25) is 0 Å². The molecule has 0 N–H and O–H groups in total. The lowest BCUT2D eigenvalue weighted by Gasteiger charge is -1.96. The number of hydrogen-bond donors (Lipinski definition) is 0. The number of halogens is 1. The van der Waals surface area contributed by atoms with Gasteiger partial charge in [-0.05, 0) is 53.0 Å². The maximum absolute atomic E-state index is 5.92. The van der Waals surface area contributed by atoms with Crippen molar-refractivity contribution < 1.29 is 4.42 Å². The maximum Gasteiger partial charge on any atom is 0.149 e. The topological polar surface area (TPSA) is 13.1 Å². The van der Waals surface area contributed by atoms with E-state index in [0.29, 0.717) is 0 Å². The lowest BCUT2D eigenvalue weighted by atomic mass is 10.1. The van der Waals surface area contributed by atoms with Crippen LogP contribution in [0, 0.1) is 13.8 Å². The lowest BCUT2D eigenvalue weighted by molar-refractivity contribution is 0.663. The van der Waals surface area contributed by atoms with Crippen molar-refractivity contribution in [3.05, 3.63) is 45.9 Å². The van der Waals surface area contributed by atoms with Gasteiger partial charge in [0.1, 0.15) is 11.2 Å². The SMILES string of the molecule is Cc1cc(C)c2oc3c(Br)cccc3c2c1. The molecule has 0 spiro atoms. The molecule has 0 atom stereocenters. The smallest absolute Gasteiger partial charge is 0.149 e. The second kappa shape index (κ2) is 3.36. The summed E-state index contributed by atoms with van der Waals surface area (Å²) in [4.78, 5) is 0. The molecule has 3 rings (SSSR count). The summed E-state index contributed by atoms with van der Waals surface area (Å²) in [5.41, 5.74) is 4.39. The van der Waals surface area contributed by atoms with Crippen molar-refractivity contribution in [1.82, 2.24) is 0 Å². The molecule has 0 bridgehead atoms. The molecule has 0 amide bonds. The Balaban J connectivity index is 2.61. The standard InChI is InChI=1S/C14H11BrO/c1-8-6-9(2)13-11(7-8)10-4-3-5-12(15)14(10)16-13/h3-7H,1-2H3. The van der Waals surface area contributed by atoms with E-state index >= 15 is 0 Å². The van der Waals surface area contributed by atoms with Crippen LogP contribution in [-0.2, 0) is 0 Å². The van der Waals surface area contributed by atoms with Crippen LogP contribution >= 0.6 is 15.9 Å². The van der Waals surface area contributed by atoms with Crippen LogP contribution < -0.4 is 0 Å². The van der Waals surface area contributed by atoms with Gasteiger partial charge >= 0.3 is 0 Å². The second-order valence-corrected chi connectivity index (χ2v) is 5.03. The summed E-state index contributed by atoms with van der Waals surface area (Å²) in [5, 5.41) is 2.38. The van der Waals surface area contributed by atoms with Gasteiger partial charge in [-0.15, -0.1) is 0 Å². The van der Waals surface area contributed by atoms with E-state index in [0.717, 1.165) is 15.6 Å². The predicted octanol–water partition coefficient (Wildman–Crippen LogP) is 4.97. The first-order valence-electron chi connectivity index (χ1n) is 5.25. The lowest BCUT2D eigenvalue weighted by Crippen LogP contribution is -1.76. The Morgan fingerprint density at radius 3 is 2.62 bits per heavy atom. The van der Waals surface area contributed by atoms with Crippen LogP contribution in [0.2, 0.25) is 0 Å². The average molecular weight is 275 g/mol. The van der Waals surface area contributed by atoms with Crippen molar-refractivity contribution in [3.8, 4) is 0 Å². The van der Waals surface area contributed by atoms with Crippen LogP contribution in [0.4, 0.5) is 0 Å². The summed E-state index contributed by atoms with van der Waals surface area (Å²) in [6, 6.07) is 10.5. The third-order valence-electron chi connectivity index (χ3n) is 2.88. The predicted molar refractivity (Wildman–Crippen MR) is 70.9 cm³/mol. The molecule has 0 saturated heterocycles. The number of fused-ring (bicyclic) bond motifs is 3. The molecule has 0 fully saturated rings. The summed E-state index contributed by atoms with van der Waals surface area (Å²) in [7, 11) is 0. The zero-order valence-corrected chi connectivity index (χ0v) is 10.8. The van der Waals surface area contributed by atoms with E-state index in [2.05, 4.69) is 48.0 Å². The van der Waals surface area contributed by atoms with Gasteiger partial charge in [0.25, 0.3) is 0 Å². The van der Waals surface area contributed by atoms with Gasteiger partial charge in [-0.25, -0.2) is 0 Å². The third-order valence-corrected chi connectivity index (χ3v) is 3.50. The zero-order chi connectivity index (χ0) is 11.3. The van der Waals surface area contributed by atoms with Gasteiger partial charge in [0, 0.05) is 10.8 Å². The van der Waals surface area contributed by atoms with Crippen molar-refractivity contribution in [2.45, 2.75) is 13.8 Å². The highest BCUT2D eigenvalue weighted by atomic mass is 79.9. The Bertz CT molecular complexity index is 695. The van der Waals surface area contributed by atoms with Gasteiger partial charge < -0.3 is 4.42 Å². The van der Waals surface area contributed by atoms with Crippen molar-refractivity contribution in [3.63, 3.8) is 0 Å². The van der Waals surface area contributed by atoms with E-state index in [1.807, 2.05) is 12.1 Å². The molecule has 1 nitrogen and oxygen atoms in total. The van der Waals surface area contributed by atoms with Gasteiger partial charge in [-0.3, -0.25) is 0 Å². The first kappa shape index (κ1) is 9.91. The summed E-state index contributed by atoms with van der Waals surface area (Å²) in [5.74, 6) is 0. The maximum atomic E-state index is 5.92. The second-order valence-electron chi connectivity index (χ2n) is 4.18. The molecule has 80 valence electrons. The Morgan fingerprint density at radius 2 is 1.81 bits per heavy atom. The molecule has 0 radical (unpaired) electrons. The van der Waals surface area contributed by atoms with Crippen LogP contribution in [0.15, 0.2) is 39.2 Å². The summed E-state index contributed by atoms with van der Waals surface area (Å²) < 4.78 is 6.93. The molecule has 1 heterocycles. The average Bonchev–Trinajstić information content (AvgIpc) is 2.59. The van der Waals surface area contributed by atoms with Gasteiger partial charge in [0.15, 0.2) is 0 Å². The molecule has 0 aliphatic carbocycles. The largest absolute Gasteiger partial charge is 0.455 e. The molecular formula is C14H11BrO. The van der Waals surface area contributed by atoms with Crippen molar-refractivity contribution >= 4 is 37.9 Å².